The van der Waals surface area contributed by atoms with Crippen LogP contribution in [-0.4, -0.2) is 43.2 Å². The standard InChI is InChI=1S/C38H37ClN4O3S/c1-45-33-21-29-17-19-43(24-31(29)22-34(33)46-2)36-23-35(39)41-38(42-36)47-25-26-10-9-15-30(20-26)37(44)40-18-16-32(27-11-5-3-6-12-27)28-13-7-4-8-14-28/h3-15,20-23,32H,16-19,24-25H2,1-2H3,(H,40,44). The van der Waals surface area contributed by atoms with Crippen LogP contribution in [0, 0.1) is 0 Å². The lowest BCUT2D eigenvalue weighted by molar-refractivity contribution is 0.0952. The first-order chi connectivity index (χ1) is 23.0. The van der Waals surface area contributed by atoms with Crippen molar-refractivity contribution in [3.63, 3.8) is 0 Å². The third-order valence-corrected chi connectivity index (χ3v) is 9.49. The topological polar surface area (TPSA) is 76.6 Å². The smallest absolute Gasteiger partial charge is 0.251 e. The second-order valence-corrected chi connectivity index (χ2v) is 12.7. The van der Waals surface area contributed by atoms with Gasteiger partial charge in [0.2, 0.25) is 0 Å². The molecule has 240 valence electrons. The Kier molecular flexibility index (Phi) is 10.6. The van der Waals surface area contributed by atoms with E-state index < -0.39 is 0 Å². The van der Waals surface area contributed by atoms with Crippen molar-refractivity contribution in [2.75, 3.05) is 32.2 Å². The van der Waals surface area contributed by atoms with Crippen molar-refractivity contribution >= 4 is 35.1 Å². The van der Waals surface area contributed by atoms with E-state index in [1.807, 2.05) is 48.5 Å². The molecule has 4 aromatic carbocycles. The molecule has 6 rings (SSSR count). The van der Waals surface area contributed by atoms with Crippen molar-refractivity contribution in [2.24, 2.45) is 0 Å². The van der Waals surface area contributed by atoms with Gasteiger partial charge in [-0.25, -0.2) is 9.97 Å². The van der Waals surface area contributed by atoms with Crippen LogP contribution >= 0.6 is 23.4 Å². The number of carbonyl (C=O) groups excluding carboxylic acids is 1. The van der Waals surface area contributed by atoms with E-state index in [1.54, 1.807) is 14.2 Å². The monoisotopic (exact) mass is 664 g/mol. The average molecular weight is 665 g/mol. The predicted octanol–water partition coefficient (Wildman–Crippen LogP) is 7.95. The van der Waals surface area contributed by atoms with Crippen LogP contribution in [0.2, 0.25) is 5.15 Å². The average Bonchev–Trinajstić information content (AvgIpc) is 3.12. The summed E-state index contributed by atoms with van der Waals surface area (Å²) in [6.07, 6.45) is 1.65. The molecule has 1 aliphatic rings. The second kappa shape index (κ2) is 15.4. The Bertz CT molecular complexity index is 1780. The van der Waals surface area contributed by atoms with E-state index in [0.717, 1.165) is 36.5 Å². The minimum absolute atomic E-state index is 0.0855. The molecule has 9 heteroatoms. The molecular weight excluding hydrogens is 628 g/mol. The van der Waals surface area contributed by atoms with Crippen LogP contribution in [0.1, 0.15) is 50.5 Å². The van der Waals surface area contributed by atoms with Crippen LogP contribution in [0.5, 0.6) is 11.5 Å². The first-order valence-corrected chi connectivity index (χ1v) is 17.0. The van der Waals surface area contributed by atoms with Crippen molar-refractivity contribution in [1.82, 2.24) is 15.3 Å². The van der Waals surface area contributed by atoms with Gasteiger partial charge in [-0.3, -0.25) is 4.79 Å². The largest absolute Gasteiger partial charge is 0.493 e. The summed E-state index contributed by atoms with van der Waals surface area (Å²) in [5.74, 6) is 2.96. The van der Waals surface area contributed by atoms with Gasteiger partial charge in [0.25, 0.3) is 5.91 Å². The van der Waals surface area contributed by atoms with Crippen molar-refractivity contribution < 1.29 is 14.3 Å². The van der Waals surface area contributed by atoms with Crippen LogP contribution < -0.4 is 19.7 Å². The summed E-state index contributed by atoms with van der Waals surface area (Å²) in [7, 11) is 3.30. The normalized spacial score (nSPS) is 12.5. The zero-order valence-corrected chi connectivity index (χ0v) is 28.1. The molecule has 0 spiro atoms. The van der Waals surface area contributed by atoms with Gasteiger partial charge in [0.15, 0.2) is 16.7 Å². The number of thioether (sulfide) groups is 1. The maximum absolute atomic E-state index is 13.2. The van der Waals surface area contributed by atoms with Crippen LogP contribution in [0.3, 0.4) is 0 Å². The van der Waals surface area contributed by atoms with Crippen LogP contribution in [-0.2, 0) is 18.7 Å². The number of hydrogen-bond donors (Lipinski definition) is 1. The molecule has 47 heavy (non-hydrogen) atoms. The van der Waals surface area contributed by atoms with Gasteiger partial charge < -0.3 is 19.7 Å². The molecule has 0 saturated heterocycles. The molecule has 0 atom stereocenters. The highest BCUT2D eigenvalue weighted by atomic mass is 35.5. The Morgan fingerprint density at radius 1 is 0.872 bits per heavy atom. The lowest BCUT2D eigenvalue weighted by Crippen LogP contribution is -2.31. The first-order valence-electron chi connectivity index (χ1n) is 15.6. The molecule has 0 saturated carbocycles. The fraction of sp³-hybridized carbons (Fsp3) is 0.237. The molecule has 0 aliphatic carbocycles. The molecule has 1 amide bonds. The van der Waals surface area contributed by atoms with Gasteiger partial charge in [-0.05, 0) is 64.9 Å². The molecule has 2 heterocycles. The number of hydrogen-bond acceptors (Lipinski definition) is 7. The minimum atomic E-state index is -0.0855. The van der Waals surface area contributed by atoms with Gasteiger partial charge in [0.1, 0.15) is 11.0 Å². The number of carbonyl (C=O) groups is 1. The van der Waals surface area contributed by atoms with Crippen LogP contribution in [0.15, 0.2) is 108 Å². The lowest BCUT2D eigenvalue weighted by Gasteiger charge is -2.30. The summed E-state index contributed by atoms with van der Waals surface area (Å²) >= 11 is 7.97. The Hall–Kier alpha value is -4.53. The summed E-state index contributed by atoms with van der Waals surface area (Å²) in [4.78, 5) is 24.7. The number of fused-ring (bicyclic) bond motifs is 1. The Morgan fingerprint density at radius 2 is 1.55 bits per heavy atom. The van der Waals surface area contributed by atoms with E-state index >= 15 is 0 Å². The second-order valence-electron chi connectivity index (χ2n) is 11.4. The number of rotatable bonds is 12. The molecule has 1 aliphatic heterocycles. The molecule has 1 aromatic heterocycles. The summed E-state index contributed by atoms with van der Waals surface area (Å²) in [6, 6.07) is 34.5. The minimum Gasteiger partial charge on any atom is -0.493 e. The van der Waals surface area contributed by atoms with E-state index in [1.165, 1.54) is 34.0 Å². The maximum atomic E-state index is 13.2. The summed E-state index contributed by atoms with van der Waals surface area (Å²) in [5, 5.41) is 4.12. The quantitative estimate of drug-likeness (QED) is 0.0824. The number of benzene rings is 4. The van der Waals surface area contributed by atoms with Crippen LogP contribution in [0.4, 0.5) is 5.82 Å². The highest BCUT2D eigenvalue weighted by molar-refractivity contribution is 7.98. The summed E-state index contributed by atoms with van der Waals surface area (Å²) < 4.78 is 11.0. The first kappa shape index (κ1) is 32.4. The number of halogens is 1. The Morgan fingerprint density at radius 3 is 2.23 bits per heavy atom. The van der Waals surface area contributed by atoms with Gasteiger partial charge in [-0.2, -0.15) is 0 Å². The van der Waals surface area contributed by atoms with E-state index in [9.17, 15) is 4.79 Å². The molecule has 0 bridgehead atoms. The van der Waals surface area contributed by atoms with E-state index in [0.29, 0.717) is 40.5 Å². The number of aromatic nitrogens is 2. The van der Waals surface area contributed by atoms with E-state index in [2.05, 4.69) is 69.8 Å². The Balaban J connectivity index is 1.07. The molecule has 0 unspecified atom stereocenters. The third kappa shape index (κ3) is 8.07. The molecular formula is C38H37ClN4O3S. The van der Waals surface area contributed by atoms with E-state index in [4.69, 9.17) is 26.1 Å². The number of nitrogens with one attached hydrogen (secondary N) is 1. The number of ether oxygens (including phenoxy) is 2. The van der Waals surface area contributed by atoms with Gasteiger partial charge in [0.05, 0.1) is 14.2 Å². The summed E-state index contributed by atoms with van der Waals surface area (Å²) in [5.41, 5.74) is 6.53. The maximum Gasteiger partial charge on any atom is 0.251 e. The van der Waals surface area contributed by atoms with Gasteiger partial charge in [-0.15, -0.1) is 0 Å². The van der Waals surface area contributed by atoms with Gasteiger partial charge in [-0.1, -0.05) is 96.2 Å². The van der Waals surface area contributed by atoms with Gasteiger partial charge >= 0.3 is 0 Å². The molecule has 0 fully saturated rings. The van der Waals surface area contributed by atoms with Crippen molar-refractivity contribution in [3.05, 3.63) is 142 Å². The van der Waals surface area contributed by atoms with Crippen molar-refractivity contribution in [1.29, 1.82) is 0 Å². The molecule has 0 radical (unpaired) electrons. The lowest BCUT2D eigenvalue weighted by atomic mass is 9.88. The van der Waals surface area contributed by atoms with E-state index in [-0.39, 0.29) is 11.8 Å². The SMILES string of the molecule is COc1cc2c(cc1OC)CN(c1cc(Cl)nc(SCc3cccc(C(=O)NCCC(c4ccccc4)c4ccccc4)c3)n1)CC2. The third-order valence-electron chi connectivity index (χ3n) is 8.38. The van der Waals surface area contributed by atoms with Gasteiger partial charge in [0, 0.05) is 42.9 Å². The number of anilines is 1. The molecule has 5 aromatic rings. The van der Waals surface area contributed by atoms with Crippen molar-refractivity contribution in [3.8, 4) is 11.5 Å². The number of amides is 1. The Labute approximate surface area is 285 Å². The molecule has 7 nitrogen and oxygen atoms in total. The number of methoxy groups -OCH3 is 2. The zero-order valence-electron chi connectivity index (χ0n) is 26.5. The van der Waals surface area contributed by atoms with Crippen molar-refractivity contribution in [2.45, 2.75) is 36.2 Å². The highest BCUT2D eigenvalue weighted by Crippen LogP contribution is 2.35. The number of nitrogens with zero attached hydrogens (tertiary/aromatic N) is 3. The fourth-order valence-corrected chi connectivity index (χ4v) is 6.99. The molecule has 1 N–H and O–H groups in total. The van der Waals surface area contributed by atoms with Crippen LogP contribution in [0.25, 0.3) is 0 Å². The predicted molar refractivity (Wildman–Crippen MR) is 189 cm³/mol. The zero-order chi connectivity index (χ0) is 32.6. The fourth-order valence-electron chi connectivity index (χ4n) is 5.97. The highest BCUT2D eigenvalue weighted by Gasteiger charge is 2.22. The summed E-state index contributed by atoms with van der Waals surface area (Å²) in [6.45, 7) is 2.04.